The molecular weight excluding hydrogens is 347 g/mol. The third-order valence-corrected chi connectivity index (χ3v) is 4.04. The highest BCUT2D eigenvalue weighted by molar-refractivity contribution is 5.99. The molecule has 0 saturated carbocycles. The van der Waals surface area contributed by atoms with Crippen molar-refractivity contribution in [3.05, 3.63) is 90.3 Å². The van der Waals surface area contributed by atoms with Crippen LogP contribution in [-0.4, -0.2) is 10.9 Å². The minimum atomic E-state index is -0.322. The number of rotatable bonds is 5. The van der Waals surface area contributed by atoms with Gasteiger partial charge >= 0.3 is 0 Å². The van der Waals surface area contributed by atoms with Crippen LogP contribution in [0.15, 0.2) is 82.0 Å². The number of amides is 1. The number of carbonyl (C=O) groups excluding carboxylic acids is 1. The van der Waals surface area contributed by atoms with E-state index in [9.17, 15) is 9.18 Å². The zero-order chi connectivity index (χ0) is 18.6. The first-order valence-electron chi connectivity index (χ1n) is 8.32. The number of hydrogen-bond acceptors (Lipinski definition) is 4. The van der Waals surface area contributed by atoms with E-state index in [2.05, 4.69) is 10.3 Å². The maximum absolute atomic E-state index is 13.1. The predicted molar refractivity (Wildman–Crippen MR) is 97.2 cm³/mol. The third kappa shape index (κ3) is 3.64. The molecule has 0 aliphatic heterocycles. The minimum Gasteiger partial charge on any atom is -0.467 e. The molecular formula is C21H15FN2O3. The maximum Gasteiger partial charge on any atom is 0.252 e. The number of benzene rings is 2. The van der Waals surface area contributed by atoms with Crippen LogP contribution in [0.3, 0.4) is 0 Å². The Hall–Kier alpha value is -3.67. The van der Waals surface area contributed by atoms with Gasteiger partial charge in [-0.25, -0.2) is 9.37 Å². The van der Waals surface area contributed by atoms with Gasteiger partial charge < -0.3 is 14.2 Å². The van der Waals surface area contributed by atoms with E-state index in [1.807, 2.05) is 0 Å². The number of aromatic nitrogens is 1. The first kappa shape index (κ1) is 16.8. The van der Waals surface area contributed by atoms with Crippen molar-refractivity contribution < 1.29 is 18.0 Å². The van der Waals surface area contributed by atoms with E-state index in [4.69, 9.17) is 8.83 Å². The van der Waals surface area contributed by atoms with Crippen molar-refractivity contribution in [3.8, 4) is 22.8 Å². The average molecular weight is 362 g/mol. The molecule has 5 nitrogen and oxygen atoms in total. The van der Waals surface area contributed by atoms with Crippen LogP contribution in [0.25, 0.3) is 22.8 Å². The quantitative estimate of drug-likeness (QED) is 0.560. The van der Waals surface area contributed by atoms with E-state index in [0.717, 1.165) is 0 Å². The number of oxazole rings is 1. The van der Waals surface area contributed by atoms with Crippen molar-refractivity contribution >= 4 is 5.91 Å². The lowest BCUT2D eigenvalue weighted by atomic mass is 10.1. The van der Waals surface area contributed by atoms with Crippen molar-refractivity contribution in [2.45, 2.75) is 6.54 Å². The second-order valence-corrected chi connectivity index (χ2v) is 5.84. The van der Waals surface area contributed by atoms with Gasteiger partial charge in [0.1, 0.15) is 11.6 Å². The molecule has 2 aromatic carbocycles. The highest BCUT2D eigenvalue weighted by Crippen LogP contribution is 2.28. The molecule has 0 aliphatic rings. The van der Waals surface area contributed by atoms with Crippen molar-refractivity contribution in [1.29, 1.82) is 0 Å². The lowest BCUT2D eigenvalue weighted by molar-refractivity contribution is 0.0948. The molecule has 0 radical (unpaired) electrons. The first-order valence-corrected chi connectivity index (χ1v) is 8.32. The molecule has 0 saturated heterocycles. The van der Waals surface area contributed by atoms with E-state index in [1.54, 1.807) is 61.0 Å². The number of furan rings is 1. The summed E-state index contributed by atoms with van der Waals surface area (Å²) >= 11 is 0. The third-order valence-electron chi connectivity index (χ3n) is 4.04. The second kappa shape index (κ2) is 7.29. The molecule has 134 valence electrons. The summed E-state index contributed by atoms with van der Waals surface area (Å²) in [5.74, 6) is 0.894. The van der Waals surface area contributed by atoms with Crippen LogP contribution in [0, 0.1) is 5.82 Å². The van der Waals surface area contributed by atoms with E-state index < -0.39 is 0 Å². The second-order valence-electron chi connectivity index (χ2n) is 5.84. The van der Waals surface area contributed by atoms with E-state index in [0.29, 0.717) is 34.1 Å². The SMILES string of the molecule is O=C(NCc1ccco1)c1ccccc1-c1ncc(-c2ccc(F)cc2)o1. The van der Waals surface area contributed by atoms with Crippen molar-refractivity contribution in [2.24, 2.45) is 0 Å². The topological polar surface area (TPSA) is 68.3 Å². The van der Waals surface area contributed by atoms with Gasteiger partial charge in [-0.15, -0.1) is 0 Å². The van der Waals surface area contributed by atoms with Gasteiger partial charge in [-0.1, -0.05) is 12.1 Å². The highest BCUT2D eigenvalue weighted by Gasteiger charge is 2.17. The van der Waals surface area contributed by atoms with Gasteiger partial charge in [-0.05, 0) is 48.5 Å². The Morgan fingerprint density at radius 3 is 2.63 bits per heavy atom. The summed E-state index contributed by atoms with van der Waals surface area (Å²) in [7, 11) is 0. The number of nitrogens with zero attached hydrogens (tertiary/aromatic N) is 1. The summed E-state index contributed by atoms with van der Waals surface area (Å²) in [5, 5.41) is 2.81. The summed E-state index contributed by atoms with van der Waals surface area (Å²) in [6.45, 7) is 0.284. The predicted octanol–water partition coefficient (Wildman–Crippen LogP) is 4.67. The molecule has 2 aromatic heterocycles. The lowest BCUT2D eigenvalue weighted by Gasteiger charge is -2.07. The van der Waals surface area contributed by atoms with Crippen LogP contribution in [-0.2, 0) is 6.54 Å². The van der Waals surface area contributed by atoms with E-state index >= 15 is 0 Å². The normalized spacial score (nSPS) is 10.7. The lowest BCUT2D eigenvalue weighted by Crippen LogP contribution is -2.23. The number of carbonyl (C=O) groups is 1. The highest BCUT2D eigenvalue weighted by atomic mass is 19.1. The van der Waals surface area contributed by atoms with Crippen LogP contribution < -0.4 is 5.32 Å². The largest absolute Gasteiger partial charge is 0.467 e. The fraction of sp³-hybridized carbons (Fsp3) is 0.0476. The first-order chi connectivity index (χ1) is 13.2. The van der Waals surface area contributed by atoms with E-state index in [-0.39, 0.29) is 18.3 Å². The average Bonchev–Trinajstić information content (AvgIpc) is 3.39. The molecule has 27 heavy (non-hydrogen) atoms. The molecule has 2 heterocycles. The van der Waals surface area contributed by atoms with Gasteiger partial charge in [0.15, 0.2) is 5.76 Å². The van der Waals surface area contributed by atoms with Crippen molar-refractivity contribution in [1.82, 2.24) is 10.3 Å². The molecule has 1 N–H and O–H groups in total. The number of nitrogens with one attached hydrogen (secondary N) is 1. The molecule has 0 bridgehead atoms. The summed E-state index contributed by atoms with van der Waals surface area (Å²) in [6, 6.07) is 16.5. The van der Waals surface area contributed by atoms with Crippen LogP contribution in [0.1, 0.15) is 16.1 Å². The molecule has 4 rings (SSSR count). The molecule has 0 atom stereocenters. The molecule has 6 heteroatoms. The summed E-state index contributed by atoms with van der Waals surface area (Å²) in [4.78, 5) is 16.9. The van der Waals surface area contributed by atoms with Gasteiger partial charge in [0.2, 0.25) is 5.89 Å². The Bertz CT molecular complexity index is 1050. The number of halogens is 1. The Labute approximate surface area is 154 Å². The Kier molecular flexibility index (Phi) is 4.53. The Balaban J connectivity index is 1.59. The van der Waals surface area contributed by atoms with Gasteiger partial charge in [-0.2, -0.15) is 0 Å². The van der Waals surface area contributed by atoms with Crippen LogP contribution in [0.5, 0.6) is 0 Å². The molecule has 0 unspecified atom stereocenters. The van der Waals surface area contributed by atoms with Gasteiger partial charge in [0.25, 0.3) is 5.91 Å². The summed E-state index contributed by atoms with van der Waals surface area (Å²) in [5.41, 5.74) is 1.72. The smallest absolute Gasteiger partial charge is 0.252 e. The monoisotopic (exact) mass is 362 g/mol. The standard InChI is InChI=1S/C21H15FN2O3/c22-15-9-7-14(8-10-15)19-13-24-21(27-19)18-6-2-1-5-17(18)20(25)23-12-16-4-3-11-26-16/h1-11,13H,12H2,(H,23,25). The molecule has 0 spiro atoms. The van der Waals surface area contributed by atoms with Crippen molar-refractivity contribution in [3.63, 3.8) is 0 Å². The molecule has 0 fully saturated rings. The van der Waals surface area contributed by atoms with Gasteiger partial charge in [0.05, 0.1) is 24.6 Å². The number of hydrogen-bond donors (Lipinski definition) is 1. The Morgan fingerprint density at radius 1 is 1.04 bits per heavy atom. The van der Waals surface area contributed by atoms with Crippen LogP contribution in [0.4, 0.5) is 4.39 Å². The van der Waals surface area contributed by atoms with Gasteiger partial charge in [0, 0.05) is 11.1 Å². The van der Waals surface area contributed by atoms with Crippen LogP contribution in [0.2, 0.25) is 0 Å². The van der Waals surface area contributed by atoms with Gasteiger partial charge in [-0.3, -0.25) is 4.79 Å². The minimum absolute atomic E-state index is 0.261. The van der Waals surface area contributed by atoms with E-state index in [1.165, 1.54) is 12.1 Å². The Morgan fingerprint density at radius 2 is 1.85 bits per heavy atom. The molecule has 1 amide bonds. The fourth-order valence-electron chi connectivity index (χ4n) is 2.69. The zero-order valence-electron chi connectivity index (χ0n) is 14.2. The fourth-order valence-corrected chi connectivity index (χ4v) is 2.69. The van der Waals surface area contributed by atoms with Crippen molar-refractivity contribution in [2.75, 3.05) is 0 Å². The summed E-state index contributed by atoms with van der Waals surface area (Å²) in [6.07, 6.45) is 3.11. The van der Waals surface area contributed by atoms with Crippen LogP contribution >= 0.6 is 0 Å². The maximum atomic E-state index is 13.1. The molecule has 4 aromatic rings. The summed E-state index contributed by atoms with van der Waals surface area (Å²) < 4.78 is 24.1. The molecule has 0 aliphatic carbocycles. The zero-order valence-corrected chi connectivity index (χ0v) is 14.2.